The summed E-state index contributed by atoms with van der Waals surface area (Å²) in [6.07, 6.45) is 3.64. The van der Waals surface area contributed by atoms with Gasteiger partial charge < -0.3 is 0 Å². The zero-order valence-corrected chi connectivity index (χ0v) is 10.5. The van der Waals surface area contributed by atoms with Crippen LogP contribution < -0.4 is 0 Å². The number of hydrogen-bond acceptors (Lipinski definition) is 4. The average Bonchev–Trinajstić information content (AvgIpc) is 2.25. The molecule has 0 bridgehead atoms. The number of nitro benzene ring substituents is 1. The summed E-state index contributed by atoms with van der Waals surface area (Å²) in [7, 11) is 0. The van der Waals surface area contributed by atoms with Crippen LogP contribution in [0.3, 0.4) is 0 Å². The van der Waals surface area contributed by atoms with Crippen molar-refractivity contribution in [1.82, 2.24) is 0 Å². The third-order valence-electron chi connectivity index (χ3n) is 2.22. The summed E-state index contributed by atoms with van der Waals surface area (Å²) in [4.78, 5) is 21.0. The number of hydrogen-bond donors (Lipinski definition) is 0. The predicted octanol–water partition coefficient (Wildman–Crippen LogP) is 3.20. The first kappa shape index (κ1) is 13.4. The van der Waals surface area contributed by atoms with E-state index in [-0.39, 0.29) is 10.8 Å². The number of nitro groups is 1. The van der Waals surface area contributed by atoms with Gasteiger partial charge in [0.25, 0.3) is 5.69 Å². The quantitative estimate of drug-likeness (QED) is 0.609. The van der Waals surface area contributed by atoms with Crippen LogP contribution in [0.2, 0.25) is 0 Å². The fraction of sp³-hybridized carbons (Fsp3) is 0.250. The molecule has 0 radical (unpaired) electrons. The Hall–Kier alpha value is -1.62. The standard InChI is InChI=1S/C12H13NO3S/c1-9-11(6-4-8-17-10(2)14)5-3-7-12(9)13(15)16/h3-7H,8H2,1-2H3. The summed E-state index contributed by atoms with van der Waals surface area (Å²) < 4.78 is 0. The van der Waals surface area contributed by atoms with Crippen LogP contribution in [0.4, 0.5) is 5.69 Å². The van der Waals surface area contributed by atoms with Crippen molar-refractivity contribution in [3.8, 4) is 0 Å². The molecule has 4 nitrogen and oxygen atoms in total. The van der Waals surface area contributed by atoms with Gasteiger partial charge in [0.15, 0.2) is 5.12 Å². The number of rotatable bonds is 4. The van der Waals surface area contributed by atoms with E-state index >= 15 is 0 Å². The molecule has 0 aliphatic heterocycles. The number of carbonyl (C=O) groups excluding carboxylic acids is 1. The molecule has 0 spiro atoms. The first-order chi connectivity index (χ1) is 8.02. The molecule has 0 N–H and O–H groups in total. The topological polar surface area (TPSA) is 60.2 Å². The van der Waals surface area contributed by atoms with Crippen LogP contribution in [-0.4, -0.2) is 15.8 Å². The van der Waals surface area contributed by atoms with Crippen LogP contribution in [0.15, 0.2) is 24.3 Å². The minimum atomic E-state index is -0.392. The summed E-state index contributed by atoms with van der Waals surface area (Å²) in [5, 5.41) is 10.8. The second kappa shape index (κ2) is 6.20. The van der Waals surface area contributed by atoms with Gasteiger partial charge in [-0.2, -0.15) is 0 Å². The van der Waals surface area contributed by atoms with Crippen LogP contribution in [0, 0.1) is 17.0 Å². The summed E-state index contributed by atoms with van der Waals surface area (Å²) in [5.74, 6) is 0.581. The molecule has 90 valence electrons. The molecule has 0 aliphatic rings. The van der Waals surface area contributed by atoms with Crippen molar-refractivity contribution in [2.24, 2.45) is 0 Å². The van der Waals surface area contributed by atoms with Gasteiger partial charge in [-0.05, 0) is 12.5 Å². The predicted molar refractivity (Wildman–Crippen MR) is 70.0 cm³/mol. The van der Waals surface area contributed by atoms with Crippen molar-refractivity contribution in [1.29, 1.82) is 0 Å². The Kier molecular flexibility index (Phi) is 4.90. The molecule has 1 aromatic rings. The molecule has 1 aromatic carbocycles. The molecule has 0 fully saturated rings. The normalized spacial score (nSPS) is 10.7. The van der Waals surface area contributed by atoms with E-state index in [0.29, 0.717) is 11.3 Å². The zero-order chi connectivity index (χ0) is 12.8. The maximum absolute atomic E-state index is 10.7. The molecular formula is C12H13NO3S. The highest BCUT2D eigenvalue weighted by molar-refractivity contribution is 8.13. The van der Waals surface area contributed by atoms with Crippen molar-refractivity contribution in [3.05, 3.63) is 45.5 Å². The molecule has 0 heterocycles. The van der Waals surface area contributed by atoms with E-state index in [1.54, 1.807) is 19.1 Å². The lowest BCUT2D eigenvalue weighted by atomic mass is 10.1. The van der Waals surface area contributed by atoms with Gasteiger partial charge in [0.1, 0.15) is 0 Å². The molecule has 0 unspecified atom stereocenters. The van der Waals surface area contributed by atoms with Crippen LogP contribution in [0.5, 0.6) is 0 Å². The van der Waals surface area contributed by atoms with Gasteiger partial charge >= 0.3 is 0 Å². The van der Waals surface area contributed by atoms with Crippen molar-refractivity contribution < 1.29 is 9.72 Å². The fourth-order valence-electron chi connectivity index (χ4n) is 1.36. The van der Waals surface area contributed by atoms with Gasteiger partial charge in [-0.1, -0.05) is 36.0 Å². The molecule has 0 saturated carbocycles. The van der Waals surface area contributed by atoms with Gasteiger partial charge in [0, 0.05) is 24.3 Å². The number of thioether (sulfide) groups is 1. The third-order valence-corrected chi connectivity index (χ3v) is 2.99. The molecule has 0 atom stereocenters. The molecule has 0 aliphatic carbocycles. The van der Waals surface area contributed by atoms with Crippen LogP contribution in [0.1, 0.15) is 18.1 Å². The SMILES string of the molecule is CC(=O)SCC=Cc1cccc([N+](=O)[O-])c1C. The first-order valence-electron chi connectivity index (χ1n) is 5.06. The van der Waals surface area contributed by atoms with E-state index in [0.717, 1.165) is 5.56 Å². The van der Waals surface area contributed by atoms with Crippen molar-refractivity contribution >= 4 is 28.6 Å². The first-order valence-corrected chi connectivity index (χ1v) is 6.05. The Morgan fingerprint density at radius 1 is 1.53 bits per heavy atom. The highest BCUT2D eigenvalue weighted by Gasteiger charge is 2.11. The second-order valence-corrected chi connectivity index (χ2v) is 4.65. The molecular weight excluding hydrogens is 238 g/mol. The summed E-state index contributed by atoms with van der Waals surface area (Å²) in [6.45, 7) is 3.23. The molecule has 17 heavy (non-hydrogen) atoms. The van der Waals surface area contributed by atoms with E-state index in [2.05, 4.69) is 0 Å². The fourth-order valence-corrected chi connectivity index (χ4v) is 1.79. The monoisotopic (exact) mass is 251 g/mol. The number of carbonyl (C=O) groups is 1. The Labute approximate surface area is 104 Å². The smallest absolute Gasteiger partial charge is 0.272 e. The Morgan fingerprint density at radius 3 is 2.82 bits per heavy atom. The van der Waals surface area contributed by atoms with Gasteiger partial charge in [-0.3, -0.25) is 14.9 Å². The Balaban J connectivity index is 2.81. The van der Waals surface area contributed by atoms with Crippen LogP contribution in [-0.2, 0) is 4.79 Å². The maximum atomic E-state index is 10.7. The molecule has 0 amide bonds. The summed E-state index contributed by atoms with van der Waals surface area (Å²) in [6, 6.07) is 4.96. The van der Waals surface area contributed by atoms with Gasteiger partial charge in [0.2, 0.25) is 0 Å². The second-order valence-electron chi connectivity index (χ2n) is 3.45. The van der Waals surface area contributed by atoms with E-state index in [4.69, 9.17) is 0 Å². The van der Waals surface area contributed by atoms with Gasteiger partial charge in [-0.15, -0.1) is 0 Å². The zero-order valence-electron chi connectivity index (χ0n) is 9.67. The Bertz CT molecular complexity index is 469. The van der Waals surface area contributed by atoms with E-state index in [1.807, 2.05) is 12.1 Å². The molecule has 5 heteroatoms. The van der Waals surface area contributed by atoms with Crippen molar-refractivity contribution in [2.45, 2.75) is 13.8 Å². The largest absolute Gasteiger partial charge is 0.288 e. The Morgan fingerprint density at radius 2 is 2.24 bits per heavy atom. The van der Waals surface area contributed by atoms with E-state index in [1.165, 1.54) is 24.8 Å². The van der Waals surface area contributed by atoms with Gasteiger partial charge in [-0.25, -0.2) is 0 Å². The van der Waals surface area contributed by atoms with Gasteiger partial charge in [0.05, 0.1) is 4.92 Å². The molecule has 0 aromatic heterocycles. The van der Waals surface area contributed by atoms with Crippen molar-refractivity contribution in [2.75, 3.05) is 5.75 Å². The van der Waals surface area contributed by atoms with Crippen LogP contribution in [0.25, 0.3) is 6.08 Å². The van der Waals surface area contributed by atoms with Crippen molar-refractivity contribution in [3.63, 3.8) is 0 Å². The average molecular weight is 251 g/mol. The minimum absolute atomic E-state index is 0.0606. The molecule has 0 saturated heterocycles. The lowest BCUT2D eigenvalue weighted by molar-refractivity contribution is -0.385. The van der Waals surface area contributed by atoms with Crippen LogP contribution >= 0.6 is 11.8 Å². The molecule has 1 rings (SSSR count). The lowest BCUT2D eigenvalue weighted by Gasteiger charge is -2.00. The summed E-state index contributed by atoms with van der Waals surface area (Å²) in [5.41, 5.74) is 1.57. The highest BCUT2D eigenvalue weighted by atomic mass is 32.2. The lowest BCUT2D eigenvalue weighted by Crippen LogP contribution is -1.93. The highest BCUT2D eigenvalue weighted by Crippen LogP contribution is 2.22. The van der Waals surface area contributed by atoms with E-state index in [9.17, 15) is 14.9 Å². The maximum Gasteiger partial charge on any atom is 0.272 e. The van der Waals surface area contributed by atoms with E-state index < -0.39 is 4.92 Å². The number of nitrogens with zero attached hydrogens (tertiary/aromatic N) is 1. The minimum Gasteiger partial charge on any atom is -0.288 e. The number of benzene rings is 1. The third kappa shape index (κ3) is 4.03. The summed E-state index contributed by atoms with van der Waals surface area (Å²) >= 11 is 1.21.